The van der Waals surface area contributed by atoms with E-state index in [0.717, 1.165) is 5.56 Å². The molecule has 2 rings (SSSR count). The SMILES string of the molecule is CCOC(=O)CC(=O)CC(CC(=O)OCC)c1ccc2c(c1)OCO2. The number of ketones is 1. The molecule has 0 N–H and O–H groups in total. The Hall–Kier alpha value is -2.57. The van der Waals surface area contributed by atoms with Gasteiger partial charge in [-0.1, -0.05) is 6.07 Å². The lowest BCUT2D eigenvalue weighted by molar-refractivity contribution is -0.145. The average Bonchev–Trinajstić information content (AvgIpc) is 3.02. The molecule has 0 bridgehead atoms. The number of carbonyl (C=O) groups is 3. The molecule has 1 aromatic carbocycles. The van der Waals surface area contributed by atoms with Crippen LogP contribution in [-0.4, -0.2) is 37.7 Å². The number of rotatable bonds is 9. The highest BCUT2D eigenvalue weighted by Crippen LogP contribution is 2.36. The van der Waals surface area contributed by atoms with Gasteiger partial charge in [0, 0.05) is 12.3 Å². The molecular weight excluding hydrogens is 328 g/mol. The van der Waals surface area contributed by atoms with E-state index >= 15 is 0 Å². The molecule has 7 heteroatoms. The van der Waals surface area contributed by atoms with Gasteiger partial charge in [0.05, 0.1) is 19.6 Å². The van der Waals surface area contributed by atoms with Crippen LogP contribution in [0.1, 0.15) is 44.6 Å². The number of esters is 2. The summed E-state index contributed by atoms with van der Waals surface area (Å²) in [5.41, 5.74) is 0.759. The Kier molecular flexibility index (Phi) is 6.80. The van der Waals surface area contributed by atoms with Gasteiger partial charge < -0.3 is 18.9 Å². The number of benzene rings is 1. The third-order valence-corrected chi connectivity index (χ3v) is 3.71. The number of Topliss-reactive ketones (excluding diaryl/α,β-unsaturated/α-hetero) is 1. The van der Waals surface area contributed by atoms with Crippen molar-refractivity contribution in [3.8, 4) is 11.5 Å². The average molecular weight is 350 g/mol. The Bertz CT molecular complexity index is 638. The second-order valence-corrected chi connectivity index (χ2v) is 5.54. The van der Waals surface area contributed by atoms with Crippen LogP contribution >= 0.6 is 0 Å². The minimum atomic E-state index is -0.562. The fraction of sp³-hybridized carbons (Fsp3) is 0.500. The van der Waals surface area contributed by atoms with Gasteiger partial charge in [-0.05, 0) is 31.5 Å². The molecule has 0 saturated heterocycles. The predicted octanol–water partition coefficient (Wildman–Crippen LogP) is 2.36. The van der Waals surface area contributed by atoms with Crippen LogP contribution in [0.3, 0.4) is 0 Å². The highest BCUT2D eigenvalue weighted by atomic mass is 16.7. The molecule has 0 spiro atoms. The van der Waals surface area contributed by atoms with Gasteiger partial charge in [0.15, 0.2) is 11.5 Å². The number of hydrogen-bond donors (Lipinski definition) is 0. The topological polar surface area (TPSA) is 88.1 Å². The molecule has 136 valence electrons. The second-order valence-electron chi connectivity index (χ2n) is 5.54. The molecule has 1 aliphatic heterocycles. The van der Waals surface area contributed by atoms with E-state index in [-0.39, 0.29) is 45.1 Å². The third kappa shape index (κ3) is 5.48. The number of hydrogen-bond acceptors (Lipinski definition) is 7. The standard InChI is InChI=1S/C18H22O7/c1-3-22-17(20)9-13(7-14(19)10-18(21)23-4-2)12-5-6-15-16(8-12)25-11-24-15/h5-6,8,13H,3-4,7,9-11H2,1-2H3. The van der Waals surface area contributed by atoms with Crippen LogP contribution in [0.25, 0.3) is 0 Å². The first-order valence-electron chi connectivity index (χ1n) is 8.26. The van der Waals surface area contributed by atoms with Crippen LogP contribution in [0.2, 0.25) is 0 Å². The summed E-state index contributed by atoms with van der Waals surface area (Å²) in [5, 5.41) is 0. The van der Waals surface area contributed by atoms with Crippen molar-refractivity contribution < 1.29 is 33.3 Å². The van der Waals surface area contributed by atoms with Crippen LogP contribution < -0.4 is 9.47 Å². The van der Waals surface area contributed by atoms with E-state index in [2.05, 4.69) is 0 Å². The van der Waals surface area contributed by atoms with Crippen LogP contribution in [0.5, 0.6) is 11.5 Å². The summed E-state index contributed by atoms with van der Waals surface area (Å²) in [6.07, 6.45) is -0.225. The molecule has 1 atom stereocenters. The molecular formula is C18H22O7. The highest BCUT2D eigenvalue weighted by Gasteiger charge is 2.24. The molecule has 0 aromatic heterocycles. The van der Waals surface area contributed by atoms with Gasteiger partial charge in [-0.25, -0.2) is 0 Å². The maximum atomic E-state index is 12.2. The van der Waals surface area contributed by atoms with Crippen molar-refractivity contribution in [2.75, 3.05) is 20.0 Å². The molecule has 0 fully saturated rings. The first-order valence-corrected chi connectivity index (χ1v) is 8.26. The van der Waals surface area contributed by atoms with Crippen LogP contribution in [-0.2, 0) is 23.9 Å². The zero-order valence-corrected chi connectivity index (χ0v) is 14.4. The van der Waals surface area contributed by atoms with E-state index in [9.17, 15) is 14.4 Å². The van der Waals surface area contributed by atoms with Crippen molar-refractivity contribution in [1.82, 2.24) is 0 Å². The summed E-state index contributed by atoms with van der Waals surface area (Å²) in [6, 6.07) is 5.28. The Morgan fingerprint density at radius 1 is 1.00 bits per heavy atom. The predicted molar refractivity (Wildman–Crippen MR) is 87.4 cm³/mol. The maximum Gasteiger partial charge on any atom is 0.313 e. The van der Waals surface area contributed by atoms with Crippen molar-refractivity contribution in [2.24, 2.45) is 0 Å². The third-order valence-electron chi connectivity index (χ3n) is 3.71. The van der Waals surface area contributed by atoms with E-state index in [4.69, 9.17) is 18.9 Å². The van der Waals surface area contributed by atoms with Crippen molar-refractivity contribution in [2.45, 2.75) is 39.0 Å². The lowest BCUT2D eigenvalue weighted by Gasteiger charge is -2.16. The monoisotopic (exact) mass is 350 g/mol. The molecule has 7 nitrogen and oxygen atoms in total. The van der Waals surface area contributed by atoms with E-state index in [1.54, 1.807) is 32.0 Å². The quantitative estimate of drug-likeness (QED) is 0.499. The molecule has 1 heterocycles. The number of carbonyl (C=O) groups excluding carboxylic acids is 3. The van der Waals surface area contributed by atoms with E-state index in [1.807, 2.05) is 0 Å². The Morgan fingerprint density at radius 3 is 2.40 bits per heavy atom. The Balaban J connectivity index is 2.11. The smallest absolute Gasteiger partial charge is 0.313 e. The first-order chi connectivity index (χ1) is 12.0. The van der Waals surface area contributed by atoms with Crippen molar-refractivity contribution in [1.29, 1.82) is 0 Å². The summed E-state index contributed by atoms with van der Waals surface area (Å²) in [7, 11) is 0. The summed E-state index contributed by atoms with van der Waals surface area (Å²) in [6.45, 7) is 4.03. The zero-order valence-electron chi connectivity index (χ0n) is 14.4. The van der Waals surface area contributed by atoms with Crippen molar-refractivity contribution in [3.05, 3.63) is 23.8 Å². The fourth-order valence-electron chi connectivity index (χ4n) is 2.62. The van der Waals surface area contributed by atoms with E-state index in [1.165, 1.54) is 0 Å². The zero-order chi connectivity index (χ0) is 18.2. The molecule has 25 heavy (non-hydrogen) atoms. The fourth-order valence-corrected chi connectivity index (χ4v) is 2.62. The summed E-state index contributed by atoms with van der Waals surface area (Å²) >= 11 is 0. The van der Waals surface area contributed by atoms with E-state index in [0.29, 0.717) is 11.5 Å². The summed E-state index contributed by atoms with van der Waals surface area (Å²) in [4.78, 5) is 35.5. The first kappa shape index (κ1) is 18.8. The minimum absolute atomic E-state index is 0.0390. The largest absolute Gasteiger partial charge is 0.466 e. The second kappa shape index (κ2) is 9.05. The Labute approximate surface area is 146 Å². The molecule has 1 aliphatic rings. The molecule has 0 amide bonds. The number of fused-ring (bicyclic) bond motifs is 1. The van der Waals surface area contributed by atoms with Crippen LogP contribution in [0.15, 0.2) is 18.2 Å². The maximum absolute atomic E-state index is 12.2. The van der Waals surface area contributed by atoms with Gasteiger partial charge in [-0.3, -0.25) is 14.4 Å². The summed E-state index contributed by atoms with van der Waals surface area (Å²) in [5.74, 6) is -0.455. The van der Waals surface area contributed by atoms with Gasteiger partial charge in [0.25, 0.3) is 0 Å². The molecule has 1 unspecified atom stereocenters. The van der Waals surface area contributed by atoms with Crippen LogP contribution in [0.4, 0.5) is 0 Å². The Morgan fingerprint density at radius 2 is 1.68 bits per heavy atom. The van der Waals surface area contributed by atoms with Gasteiger partial charge >= 0.3 is 11.9 Å². The van der Waals surface area contributed by atoms with Gasteiger partial charge in [0.2, 0.25) is 6.79 Å². The molecule has 1 aromatic rings. The molecule has 0 saturated carbocycles. The highest BCUT2D eigenvalue weighted by molar-refractivity contribution is 5.96. The normalized spacial score (nSPS) is 13.2. The summed E-state index contributed by atoms with van der Waals surface area (Å²) < 4.78 is 20.4. The lowest BCUT2D eigenvalue weighted by Crippen LogP contribution is -2.17. The van der Waals surface area contributed by atoms with E-state index < -0.39 is 17.9 Å². The minimum Gasteiger partial charge on any atom is -0.466 e. The van der Waals surface area contributed by atoms with Gasteiger partial charge in [-0.2, -0.15) is 0 Å². The van der Waals surface area contributed by atoms with Crippen LogP contribution in [0, 0.1) is 0 Å². The molecule has 0 aliphatic carbocycles. The van der Waals surface area contributed by atoms with Gasteiger partial charge in [0.1, 0.15) is 12.2 Å². The lowest BCUT2D eigenvalue weighted by atomic mass is 9.89. The van der Waals surface area contributed by atoms with Crippen molar-refractivity contribution in [3.63, 3.8) is 0 Å². The van der Waals surface area contributed by atoms with Gasteiger partial charge in [-0.15, -0.1) is 0 Å². The van der Waals surface area contributed by atoms with Crippen molar-refractivity contribution >= 4 is 17.7 Å². The number of ether oxygens (including phenoxy) is 4. The molecule has 0 radical (unpaired) electrons.